The Balaban J connectivity index is 1.37. The van der Waals surface area contributed by atoms with Crippen molar-refractivity contribution in [2.24, 2.45) is 10.2 Å². The number of carboxylic acid groups (broad SMARTS) is 1. The highest BCUT2D eigenvalue weighted by Gasteiger charge is 2.29. The molecular formula is C28H28N4O4. The average molecular weight is 485 g/mol. The Bertz CT molecular complexity index is 1300. The molecule has 3 aromatic carbocycles. The fourth-order valence-corrected chi connectivity index (χ4v) is 3.98. The number of aryl methyl sites for hydroxylation is 2. The van der Waals surface area contributed by atoms with Gasteiger partial charge in [-0.2, -0.15) is 10.2 Å². The highest BCUT2D eigenvalue weighted by molar-refractivity contribution is 6.68. The minimum atomic E-state index is -0.919. The number of para-hydroxylation sites is 1. The highest BCUT2D eigenvalue weighted by Crippen LogP contribution is 2.29. The Morgan fingerprint density at radius 2 is 1.69 bits per heavy atom. The quantitative estimate of drug-likeness (QED) is 0.285. The van der Waals surface area contributed by atoms with Gasteiger partial charge in [0.25, 0.3) is 5.91 Å². The Hall–Kier alpha value is -4.46. The van der Waals surface area contributed by atoms with Gasteiger partial charge in [-0.05, 0) is 54.5 Å². The van der Waals surface area contributed by atoms with Gasteiger partial charge in [-0.15, -0.1) is 0 Å². The van der Waals surface area contributed by atoms with Crippen molar-refractivity contribution >= 4 is 29.0 Å². The molecule has 1 aliphatic rings. The third kappa shape index (κ3) is 5.96. The van der Waals surface area contributed by atoms with Gasteiger partial charge in [0, 0.05) is 13.0 Å². The van der Waals surface area contributed by atoms with Crippen molar-refractivity contribution in [3.63, 3.8) is 0 Å². The van der Waals surface area contributed by atoms with Crippen molar-refractivity contribution in [2.45, 2.75) is 32.6 Å². The number of hydrazone groups is 2. The van der Waals surface area contributed by atoms with Gasteiger partial charge in [-0.25, -0.2) is 5.01 Å². The Morgan fingerprint density at radius 1 is 0.972 bits per heavy atom. The number of benzene rings is 3. The van der Waals surface area contributed by atoms with Gasteiger partial charge in [-0.3, -0.25) is 15.0 Å². The van der Waals surface area contributed by atoms with E-state index in [0.29, 0.717) is 24.2 Å². The zero-order valence-corrected chi connectivity index (χ0v) is 20.0. The van der Waals surface area contributed by atoms with Crippen LogP contribution in [0.15, 0.2) is 83.0 Å². The molecule has 8 nitrogen and oxygen atoms in total. The second-order valence-electron chi connectivity index (χ2n) is 8.56. The van der Waals surface area contributed by atoms with Gasteiger partial charge in [0.15, 0.2) is 5.71 Å². The van der Waals surface area contributed by atoms with E-state index in [9.17, 15) is 14.7 Å². The van der Waals surface area contributed by atoms with E-state index < -0.39 is 11.9 Å². The van der Waals surface area contributed by atoms with Gasteiger partial charge < -0.3 is 10.2 Å². The lowest BCUT2D eigenvalue weighted by Crippen LogP contribution is -2.29. The molecule has 8 heteroatoms. The van der Waals surface area contributed by atoms with E-state index in [1.54, 1.807) is 13.0 Å². The van der Waals surface area contributed by atoms with Crippen LogP contribution in [0, 0.1) is 0 Å². The van der Waals surface area contributed by atoms with Gasteiger partial charge >= 0.3 is 5.97 Å². The largest absolute Gasteiger partial charge is 0.505 e. The minimum Gasteiger partial charge on any atom is -0.505 e. The summed E-state index contributed by atoms with van der Waals surface area (Å²) in [5.74, 6) is -1.24. The van der Waals surface area contributed by atoms with E-state index in [1.807, 2.05) is 30.3 Å². The number of carboxylic acids is 1. The number of anilines is 1. The van der Waals surface area contributed by atoms with Crippen LogP contribution in [0.3, 0.4) is 0 Å². The molecule has 36 heavy (non-hydrogen) atoms. The molecule has 0 radical (unpaired) electrons. The van der Waals surface area contributed by atoms with Crippen LogP contribution in [0.1, 0.15) is 30.9 Å². The molecule has 0 fully saturated rings. The predicted octanol–water partition coefficient (Wildman–Crippen LogP) is 4.70. The summed E-state index contributed by atoms with van der Waals surface area (Å²) < 4.78 is 0. The number of aromatic hydroxyl groups is 1. The second-order valence-corrected chi connectivity index (χ2v) is 8.56. The third-order valence-electron chi connectivity index (χ3n) is 5.96. The number of aliphatic carboxylic acids is 1. The van der Waals surface area contributed by atoms with E-state index in [1.165, 1.54) is 16.1 Å². The lowest BCUT2D eigenvalue weighted by molar-refractivity contribution is -0.137. The first-order valence-electron chi connectivity index (χ1n) is 11.8. The van der Waals surface area contributed by atoms with Crippen LogP contribution in [0.25, 0.3) is 11.1 Å². The first-order valence-corrected chi connectivity index (χ1v) is 11.8. The predicted molar refractivity (Wildman–Crippen MR) is 140 cm³/mol. The molecule has 0 aliphatic carbocycles. The SMILES string of the molecule is CC1=NN(CCCC(=O)O)C(=O)/C1=N\Nc1cccc(CCc2ccc(-c3ccccc3)cc2)c1O. The summed E-state index contributed by atoms with van der Waals surface area (Å²) in [4.78, 5) is 23.3. The molecule has 0 saturated carbocycles. The van der Waals surface area contributed by atoms with Crippen molar-refractivity contribution in [3.05, 3.63) is 83.9 Å². The van der Waals surface area contributed by atoms with E-state index in [4.69, 9.17) is 5.11 Å². The van der Waals surface area contributed by atoms with Crippen molar-refractivity contribution in [1.29, 1.82) is 0 Å². The van der Waals surface area contributed by atoms with Crippen molar-refractivity contribution in [2.75, 3.05) is 12.0 Å². The maximum absolute atomic E-state index is 12.6. The van der Waals surface area contributed by atoms with Gasteiger partial charge in [0.2, 0.25) is 0 Å². The summed E-state index contributed by atoms with van der Waals surface area (Å²) >= 11 is 0. The average Bonchev–Trinajstić information content (AvgIpc) is 3.15. The highest BCUT2D eigenvalue weighted by atomic mass is 16.4. The molecule has 0 atom stereocenters. The van der Waals surface area contributed by atoms with Crippen LogP contribution in [0.5, 0.6) is 5.75 Å². The van der Waals surface area contributed by atoms with Crippen molar-refractivity contribution < 1.29 is 19.8 Å². The van der Waals surface area contributed by atoms with E-state index >= 15 is 0 Å². The third-order valence-corrected chi connectivity index (χ3v) is 5.96. The normalized spacial score (nSPS) is 14.2. The van der Waals surface area contributed by atoms with Gasteiger partial charge in [-0.1, -0.05) is 66.7 Å². The summed E-state index contributed by atoms with van der Waals surface area (Å²) in [7, 11) is 0. The van der Waals surface area contributed by atoms with Crippen LogP contribution in [-0.2, 0) is 22.4 Å². The number of carbonyl (C=O) groups excluding carboxylic acids is 1. The smallest absolute Gasteiger partial charge is 0.303 e. The zero-order valence-electron chi connectivity index (χ0n) is 20.0. The van der Waals surface area contributed by atoms with Crippen LogP contribution >= 0.6 is 0 Å². The molecule has 1 aliphatic heterocycles. The van der Waals surface area contributed by atoms with Crippen LogP contribution < -0.4 is 5.43 Å². The Labute approximate surface area is 209 Å². The molecule has 0 saturated heterocycles. The van der Waals surface area contributed by atoms with E-state index in [-0.39, 0.29) is 24.4 Å². The maximum atomic E-state index is 12.6. The van der Waals surface area contributed by atoms with E-state index in [0.717, 1.165) is 17.5 Å². The molecule has 0 bridgehead atoms. The molecule has 184 valence electrons. The summed E-state index contributed by atoms with van der Waals surface area (Å²) in [6.45, 7) is 1.86. The van der Waals surface area contributed by atoms with Gasteiger partial charge in [0.05, 0.1) is 11.4 Å². The van der Waals surface area contributed by atoms with E-state index in [2.05, 4.69) is 52.0 Å². The van der Waals surface area contributed by atoms with Crippen molar-refractivity contribution in [3.8, 4) is 16.9 Å². The van der Waals surface area contributed by atoms with Crippen LogP contribution in [0.2, 0.25) is 0 Å². The maximum Gasteiger partial charge on any atom is 0.303 e. The summed E-state index contributed by atoms with van der Waals surface area (Å²) in [6.07, 6.45) is 1.66. The number of hydrogen-bond acceptors (Lipinski definition) is 6. The number of hydrogen-bond donors (Lipinski definition) is 3. The first kappa shape index (κ1) is 24.7. The van der Waals surface area contributed by atoms with Crippen LogP contribution in [0.4, 0.5) is 5.69 Å². The van der Waals surface area contributed by atoms with Gasteiger partial charge in [0.1, 0.15) is 5.75 Å². The zero-order chi connectivity index (χ0) is 25.5. The number of rotatable bonds is 10. The molecule has 1 heterocycles. The standard InChI is InChI=1S/C28H28N4O4/c1-19-26(28(36)32(31-19)18-6-11-25(33)34)30-29-24-10-5-9-23(27(24)35)17-14-20-12-15-22(16-13-20)21-7-3-2-4-8-21/h2-5,7-10,12-13,15-16,29,35H,6,11,14,17-18H2,1H3,(H,33,34)/b30-26-. The number of nitrogens with zero attached hydrogens (tertiary/aromatic N) is 3. The molecule has 3 aromatic rings. The lowest BCUT2D eigenvalue weighted by Gasteiger charge is -2.11. The molecule has 3 N–H and O–H groups in total. The fourth-order valence-electron chi connectivity index (χ4n) is 3.98. The molecule has 4 rings (SSSR count). The summed E-state index contributed by atoms with van der Waals surface area (Å²) in [6, 6.07) is 24.0. The first-order chi connectivity index (χ1) is 17.4. The molecular weight excluding hydrogens is 456 g/mol. The number of amides is 1. The number of phenols is 1. The minimum absolute atomic E-state index is 0.0408. The molecule has 0 aromatic heterocycles. The topological polar surface area (TPSA) is 115 Å². The summed E-state index contributed by atoms with van der Waals surface area (Å²) in [5.41, 5.74) is 8.01. The summed E-state index contributed by atoms with van der Waals surface area (Å²) in [5, 5.41) is 29.1. The van der Waals surface area contributed by atoms with Crippen molar-refractivity contribution in [1.82, 2.24) is 5.01 Å². The Kier molecular flexibility index (Phi) is 7.75. The number of carbonyl (C=O) groups is 2. The van der Waals surface area contributed by atoms with Crippen LogP contribution in [-0.4, -0.2) is 45.1 Å². The number of nitrogens with one attached hydrogen (secondary N) is 1. The molecule has 0 unspecified atom stereocenters. The molecule has 0 spiro atoms. The number of phenolic OH excluding ortho intramolecular Hbond substituents is 1. The second kappa shape index (κ2) is 11.3. The monoisotopic (exact) mass is 484 g/mol. The molecule has 1 amide bonds. The fraction of sp³-hybridized carbons (Fsp3) is 0.214. The lowest BCUT2D eigenvalue weighted by atomic mass is 10.00. The Morgan fingerprint density at radius 3 is 2.42 bits per heavy atom.